The first-order chi connectivity index (χ1) is 14.4. The summed E-state index contributed by atoms with van der Waals surface area (Å²) in [5, 5.41) is 0. The average Bonchev–Trinajstić information content (AvgIpc) is 3.28. The number of carbonyl (C=O) groups is 1. The maximum Gasteiger partial charge on any atom is 0.416 e. The molecule has 6 nitrogen and oxygen atoms in total. The van der Waals surface area contributed by atoms with Crippen LogP contribution < -0.4 is 5.73 Å². The third-order valence-electron chi connectivity index (χ3n) is 6.57. The highest BCUT2D eigenvalue weighted by atomic mass is 32.2. The van der Waals surface area contributed by atoms with E-state index in [0.29, 0.717) is 25.1 Å². The molecular formula is C21H30F3N3O3S. The number of amides is 1. The fraction of sp³-hybridized carbons (Fsp3) is 0.667. The molecule has 31 heavy (non-hydrogen) atoms. The van der Waals surface area contributed by atoms with Crippen LogP contribution in [0.5, 0.6) is 0 Å². The fourth-order valence-corrected chi connectivity index (χ4v) is 6.47. The summed E-state index contributed by atoms with van der Waals surface area (Å²) in [7, 11) is -1.93. The van der Waals surface area contributed by atoms with Gasteiger partial charge in [-0.15, -0.1) is 0 Å². The lowest BCUT2D eigenvalue weighted by Gasteiger charge is -2.31. The minimum atomic E-state index is -4.46. The third kappa shape index (κ3) is 5.23. The van der Waals surface area contributed by atoms with Crippen molar-refractivity contribution in [2.24, 2.45) is 17.6 Å². The van der Waals surface area contributed by atoms with E-state index < -0.39 is 27.8 Å². The number of halogens is 3. The Hall–Kier alpha value is -1.65. The number of benzene rings is 1. The molecule has 10 heteroatoms. The standard InChI is InChI=1S/C21H30F3N3O3S/c1-3-4-18(25)20(28)26(2)19-10-7-15-11-27(12-17(15)19)31(29,30)13-14-5-8-16(9-6-14)21(22,23)24/h5-6,8-9,15,17-19H,3-4,7,10-13,25H2,1-2H3/t15-,17+,18+,19+/m1/s1. The van der Waals surface area contributed by atoms with Crippen LogP contribution in [-0.2, 0) is 26.7 Å². The second-order valence-corrected chi connectivity index (χ2v) is 10.6. The predicted octanol–water partition coefficient (Wildman–Crippen LogP) is 2.83. The van der Waals surface area contributed by atoms with Gasteiger partial charge in [-0.25, -0.2) is 12.7 Å². The van der Waals surface area contributed by atoms with Crippen LogP contribution in [0.15, 0.2) is 24.3 Å². The van der Waals surface area contributed by atoms with E-state index in [-0.39, 0.29) is 29.5 Å². The number of fused-ring (bicyclic) bond motifs is 1. The van der Waals surface area contributed by atoms with Gasteiger partial charge in [0.2, 0.25) is 15.9 Å². The largest absolute Gasteiger partial charge is 0.416 e. The van der Waals surface area contributed by atoms with Gasteiger partial charge < -0.3 is 10.6 Å². The molecule has 0 bridgehead atoms. The summed E-state index contributed by atoms with van der Waals surface area (Å²) < 4.78 is 65.4. The van der Waals surface area contributed by atoms with E-state index in [1.54, 1.807) is 11.9 Å². The number of nitrogens with two attached hydrogens (primary N) is 1. The van der Waals surface area contributed by atoms with Crippen LogP contribution in [0.25, 0.3) is 0 Å². The van der Waals surface area contributed by atoms with Gasteiger partial charge in [0.15, 0.2) is 0 Å². The lowest BCUT2D eigenvalue weighted by atomic mass is 9.96. The van der Waals surface area contributed by atoms with E-state index in [1.165, 1.54) is 16.4 Å². The number of carbonyl (C=O) groups excluding carboxylic acids is 1. The molecule has 1 aliphatic carbocycles. The maximum atomic E-state index is 12.9. The Balaban J connectivity index is 1.66. The molecule has 1 heterocycles. The van der Waals surface area contributed by atoms with Gasteiger partial charge in [0.05, 0.1) is 17.4 Å². The van der Waals surface area contributed by atoms with E-state index in [2.05, 4.69) is 0 Å². The fourth-order valence-electron chi connectivity index (χ4n) is 4.86. The summed E-state index contributed by atoms with van der Waals surface area (Å²) in [6.07, 6.45) is -1.38. The summed E-state index contributed by atoms with van der Waals surface area (Å²) in [6.45, 7) is 2.67. The zero-order chi connectivity index (χ0) is 23.0. The van der Waals surface area contributed by atoms with Crippen LogP contribution in [0.4, 0.5) is 13.2 Å². The zero-order valence-electron chi connectivity index (χ0n) is 17.8. The molecule has 2 aliphatic rings. The molecule has 0 radical (unpaired) electrons. The molecule has 0 spiro atoms. The SMILES string of the molecule is CCC[C@H](N)C(=O)N(C)[C@H]1CC[C@@H]2CN(S(=O)(=O)Cc3ccc(C(F)(F)F)cc3)C[C@@H]21. The van der Waals surface area contributed by atoms with Crippen LogP contribution in [-0.4, -0.2) is 55.8 Å². The van der Waals surface area contributed by atoms with Gasteiger partial charge >= 0.3 is 6.18 Å². The normalized spacial score (nSPS) is 25.4. The van der Waals surface area contributed by atoms with Crippen LogP contribution in [0.1, 0.15) is 43.7 Å². The Bertz CT molecular complexity index is 889. The minimum absolute atomic E-state index is 0.0464. The van der Waals surface area contributed by atoms with E-state index in [4.69, 9.17) is 5.73 Å². The van der Waals surface area contributed by atoms with Crippen molar-refractivity contribution >= 4 is 15.9 Å². The van der Waals surface area contributed by atoms with Crippen molar-refractivity contribution < 1.29 is 26.4 Å². The second kappa shape index (κ2) is 9.07. The number of nitrogens with zero attached hydrogens (tertiary/aromatic N) is 2. The number of sulfonamides is 1. The van der Waals surface area contributed by atoms with Gasteiger partial charge in [0.1, 0.15) is 0 Å². The molecule has 4 atom stereocenters. The Morgan fingerprint density at radius 2 is 1.87 bits per heavy atom. The van der Waals surface area contributed by atoms with E-state index >= 15 is 0 Å². The summed E-state index contributed by atoms with van der Waals surface area (Å²) in [6, 6.07) is 3.63. The number of hydrogen-bond donors (Lipinski definition) is 1. The molecule has 1 amide bonds. The molecule has 1 aliphatic heterocycles. The highest BCUT2D eigenvalue weighted by Crippen LogP contribution is 2.42. The summed E-state index contributed by atoms with van der Waals surface area (Å²) >= 11 is 0. The van der Waals surface area contributed by atoms with Gasteiger partial charge in [-0.1, -0.05) is 25.5 Å². The quantitative estimate of drug-likeness (QED) is 0.677. The molecule has 0 unspecified atom stereocenters. The predicted molar refractivity (Wildman–Crippen MR) is 111 cm³/mol. The van der Waals surface area contributed by atoms with Crippen molar-refractivity contribution in [1.29, 1.82) is 0 Å². The first kappa shape index (κ1) is 24.0. The average molecular weight is 462 g/mol. The van der Waals surface area contributed by atoms with Gasteiger partial charge in [-0.3, -0.25) is 4.79 Å². The molecule has 1 aromatic rings. The Morgan fingerprint density at radius 1 is 1.23 bits per heavy atom. The van der Waals surface area contributed by atoms with Crippen LogP contribution in [0.2, 0.25) is 0 Å². The molecule has 1 saturated heterocycles. The molecule has 1 aromatic carbocycles. The number of alkyl halides is 3. The Kier molecular flexibility index (Phi) is 7.02. The zero-order valence-corrected chi connectivity index (χ0v) is 18.6. The van der Waals surface area contributed by atoms with Gasteiger partial charge in [-0.05, 0) is 48.8 Å². The number of rotatable bonds is 7. The number of hydrogen-bond acceptors (Lipinski definition) is 4. The lowest BCUT2D eigenvalue weighted by Crippen LogP contribution is -2.48. The van der Waals surface area contributed by atoms with Crippen molar-refractivity contribution in [3.8, 4) is 0 Å². The maximum absolute atomic E-state index is 12.9. The third-order valence-corrected chi connectivity index (χ3v) is 8.35. The van der Waals surface area contributed by atoms with Crippen molar-refractivity contribution in [2.45, 2.75) is 56.6 Å². The molecule has 0 aromatic heterocycles. The molecule has 2 N–H and O–H groups in total. The van der Waals surface area contributed by atoms with Crippen molar-refractivity contribution in [3.63, 3.8) is 0 Å². The van der Waals surface area contributed by atoms with E-state index in [0.717, 1.165) is 31.4 Å². The first-order valence-corrected chi connectivity index (χ1v) is 12.2. The second-order valence-electron chi connectivity index (χ2n) is 8.68. The number of likely N-dealkylation sites (N-methyl/N-ethyl adjacent to an activating group) is 1. The first-order valence-electron chi connectivity index (χ1n) is 10.6. The van der Waals surface area contributed by atoms with Crippen molar-refractivity contribution in [1.82, 2.24) is 9.21 Å². The van der Waals surface area contributed by atoms with Gasteiger partial charge in [-0.2, -0.15) is 13.2 Å². The van der Waals surface area contributed by atoms with Gasteiger partial charge in [0.25, 0.3) is 0 Å². The molecular weight excluding hydrogens is 431 g/mol. The monoisotopic (exact) mass is 461 g/mol. The molecule has 174 valence electrons. The Morgan fingerprint density at radius 3 is 2.45 bits per heavy atom. The van der Waals surface area contributed by atoms with Crippen molar-refractivity contribution in [2.75, 3.05) is 20.1 Å². The van der Waals surface area contributed by atoms with Crippen LogP contribution >= 0.6 is 0 Å². The topological polar surface area (TPSA) is 83.7 Å². The van der Waals surface area contributed by atoms with E-state index in [9.17, 15) is 26.4 Å². The van der Waals surface area contributed by atoms with Crippen LogP contribution in [0.3, 0.4) is 0 Å². The Labute approximate surface area is 181 Å². The highest BCUT2D eigenvalue weighted by molar-refractivity contribution is 7.88. The summed E-state index contributed by atoms with van der Waals surface area (Å²) in [5.74, 6) is -0.237. The molecule has 3 rings (SSSR count). The summed E-state index contributed by atoms with van der Waals surface area (Å²) in [4.78, 5) is 14.3. The van der Waals surface area contributed by atoms with Gasteiger partial charge in [0, 0.05) is 26.2 Å². The van der Waals surface area contributed by atoms with Crippen molar-refractivity contribution in [3.05, 3.63) is 35.4 Å². The smallest absolute Gasteiger partial charge is 0.341 e. The highest BCUT2D eigenvalue weighted by Gasteiger charge is 2.48. The van der Waals surface area contributed by atoms with Crippen LogP contribution in [0, 0.1) is 11.8 Å². The minimum Gasteiger partial charge on any atom is -0.341 e. The summed E-state index contributed by atoms with van der Waals surface area (Å²) in [5.41, 5.74) is 5.50. The molecule has 2 fully saturated rings. The molecule has 1 saturated carbocycles. The van der Waals surface area contributed by atoms with E-state index in [1.807, 2.05) is 6.92 Å². The lowest BCUT2D eigenvalue weighted by molar-refractivity contribution is -0.137.